The molecule has 0 spiro atoms. The van der Waals surface area contributed by atoms with Crippen LogP contribution in [0.5, 0.6) is 0 Å². The van der Waals surface area contributed by atoms with Crippen LogP contribution in [0.4, 0.5) is 14.6 Å². The molecule has 0 radical (unpaired) electrons. The third-order valence-electron chi connectivity index (χ3n) is 1.58. The van der Waals surface area contributed by atoms with Gasteiger partial charge in [-0.15, -0.1) is 0 Å². The lowest BCUT2D eigenvalue weighted by molar-refractivity contribution is 0.110. The number of nitrogens with two attached hydrogens (primary N) is 1. The van der Waals surface area contributed by atoms with Gasteiger partial charge in [0, 0.05) is 5.56 Å². The molecular weight excluding hydrogens is 192 g/mol. The first-order valence-electron chi connectivity index (χ1n) is 3.54. The van der Waals surface area contributed by atoms with Crippen LogP contribution >= 0.6 is 0 Å². The van der Waals surface area contributed by atoms with E-state index in [1.807, 2.05) is 0 Å². The van der Waals surface area contributed by atoms with Gasteiger partial charge < -0.3 is 5.73 Å². The van der Waals surface area contributed by atoms with E-state index in [9.17, 15) is 13.6 Å². The molecule has 14 heavy (non-hydrogen) atoms. The molecule has 0 saturated heterocycles. The summed E-state index contributed by atoms with van der Waals surface area (Å²) in [7, 11) is 0. The van der Waals surface area contributed by atoms with Crippen LogP contribution < -0.4 is 5.73 Å². The fourth-order valence-corrected chi connectivity index (χ4v) is 0.988. The van der Waals surface area contributed by atoms with Gasteiger partial charge in [-0.2, -0.15) is 5.26 Å². The van der Waals surface area contributed by atoms with Crippen molar-refractivity contribution in [3.05, 3.63) is 22.9 Å². The van der Waals surface area contributed by atoms with Crippen molar-refractivity contribution in [2.75, 3.05) is 5.73 Å². The van der Waals surface area contributed by atoms with E-state index < -0.39 is 17.8 Å². The number of aromatic nitrogens is 1. The molecule has 0 bridgehead atoms. The Morgan fingerprint density at radius 1 is 1.64 bits per heavy atom. The van der Waals surface area contributed by atoms with Crippen LogP contribution in [0.1, 0.15) is 28.0 Å². The monoisotopic (exact) mass is 197 g/mol. The molecule has 0 atom stereocenters. The first kappa shape index (κ1) is 10.1. The molecule has 0 aliphatic heterocycles. The van der Waals surface area contributed by atoms with E-state index >= 15 is 0 Å². The second-order valence-electron chi connectivity index (χ2n) is 2.43. The molecule has 0 fully saturated rings. The highest BCUT2D eigenvalue weighted by atomic mass is 19.3. The van der Waals surface area contributed by atoms with Crippen molar-refractivity contribution >= 4 is 12.1 Å². The van der Waals surface area contributed by atoms with Gasteiger partial charge in [0.05, 0.1) is 5.56 Å². The van der Waals surface area contributed by atoms with Gasteiger partial charge in [-0.25, -0.2) is 13.8 Å². The first-order chi connectivity index (χ1) is 6.60. The lowest BCUT2D eigenvalue weighted by Crippen LogP contribution is -2.04. The predicted octanol–water partition coefficient (Wildman–Crippen LogP) is 1.29. The summed E-state index contributed by atoms with van der Waals surface area (Å²) in [5.74, 6) is -0.485. The van der Waals surface area contributed by atoms with E-state index in [0.717, 1.165) is 6.07 Å². The molecule has 1 heterocycles. The fraction of sp³-hybridized carbons (Fsp3) is 0.125. The number of pyridine rings is 1. The van der Waals surface area contributed by atoms with Gasteiger partial charge in [-0.05, 0) is 6.07 Å². The number of anilines is 1. The average molecular weight is 197 g/mol. The van der Waals surface area contributed by atoms with Gasteiger partial charge in [0.2, 0.25) is 0 Å². The highest BCUT2D eigenvalue weighted by Gasteiger charge is 2.18. The average Bonchev–Trinajstić information content (AvgIpc) is 2.15. The number of halogens is 2. The van der Waals surface area contributed by atoms with Crippen molar-refractivity contribution in [2.24, 2.45) is 0 Å². The summed E-state index contributed by atoms with van der Waals surface area (Å²) in [4.78, 5) is 13.8. The normalized spacial score (nSPS) is 9.86. The minimum absolute atomic E-state index is 0.158. The molecule has 6 heteroatoms. The maximum Gasteiger partial charge on any atom is 0.268 e. The lowest BCUT2D eigenvalue weighted by atomic mass is 10.1. The second-order valence-corrected chi connectivity index (χ2v) is 2.43. The molecule has 1 aromatic heterocycles. The Labute approximate surface area is 78.0 Å². The Bertz CT molecular complexity index is 412. The Balaban J connectivity index is 3.44. The number of carbonyl (C=O) groups is 1. The number of hydrogen-bond donors (Lipinski definition) is 1. The summed E-state index contributed by atoms with van der Waals surface area (Å²) in [6, 6.07) is 2.59. The minimum atomic E-state index is -2.88. The quantitative estimate of drug-likeness (QED) is 0.724. The third-order valence-corrected chi connectivity index (χ3v) is 1.58. The van der Waals surface area contributed by atoms with Gasteiger partial charge in [-0.3, -0.25) is 4.79 Å². The highest BCUT2D eigenvalue weighted by Crippen LogP contribution is 2.26. The summed E-state index contributed by atoms with van der Waals surface area (Å²) in [5.41, 5.74) is 4.09. The van der Waals surface area contributed by atoms with Gasteiger partial charge >= 0.3 is 0 Å². The predicted molar refractivity (Wildman–Crippen MR) is 43.7 cm³/mol. The van der Waals surface area contributed by atoms with Crippen LogP contribution in [-0.4, -0.2) is 11.3 Å². The van der Waals surface area contributed by atoms with Crippen molar-refractivity contribution < 1.29 is 13.6 Å². The molecule has 0 saturated carbocycles. The van der Waals surface area contributed by atoms with Crippen molar-refractivity contribution in [2.45, 2.75) is 6.43 Å². The van der Waals surface area contributed by atoms with Crippen molar-refractivity contribution in [1.29, 1.82) is 5.26 Å². The van der Waals surface area contributed by atoms with Crippen LogP contribution in [0.25, 0.3) is 0 Å². The van der Waals surface area contributed by atoms with Gasteiger partial charge in [0.25, 0.3) is 6.43 Å². The van der Waals surface area contributed by atoms with E-state index in [1.165, 1.54) is 0 Å². The molecule has 1 rings (SSSR count). The summed E-state index contributed by atoms with van der Waals surface area (Å²) in [6.07, 6.45) is -2.66. The number of nitrogens with zero attached hydrogens (tertiary/aromatic N) is 2. The molecule has 4 nitrogen and oxygen atoms in total. The number of hydrogen-bond acceptors (Lipinski definition) is 4. The molecule has 0 amide bonds. The molecule has 0 unspecified atom stereocenters. The molecule has 1 aromatic rings. The Kier molecular flexibility index (Phi) is 2.72. The Morgan fingerprint density at radius 2 is 2.29 bits per heavy atom. The summed E-state index contributed by atoms with van der Waals surface area (Å²) < 4.78 is 24.7. The Morgan fingerprint density at radius 3 is 2.71 bits per heavy atom. The topological polar surface area (TPSA) is 79.8 Å². The maximum absolute atomic E-state index is 12.3. The van der Waals surface area contributed by atoms with E-state index in [4.69, 9.17) is 11.0 Å². The summed E-state index contributed by atoms with van der Waals surface area (Å²) in [5, 5.41) is 8.44. The van der Waals surface area contributed by atoms with Crippen LogP contribution in [0.3, 0.4) is 0 Å². The van der Waals surface area contributed by atoms with Crippen molar-refractivity contribution in [3.63, 3.8) is 0 Å². The fourth-order valence-electron chi connectivity index (χ4n) is 0.988. The molecule has 0 aliphatic rings. The Hall–Kier alpha value is -2.03. The number of aldehydes is 1. The highest BCUT2D eigenvalue weighted by molar-refractivity contribution is 5.80. The van der Waals surface area contributed by atoms with Crippen molar-refractivity contribution in [1.82, 2.24) is 4.98 Å². The molecule has 0 aliphatic carbocycles. The van der Waals surface area contributed by atoms with Gasteiger partial charge in [0.1, 0.15) is 17.6 Å². The number of alkyl halides is 2. The largest absolute Gasteiger partial charge is 0.383 e. The van der Waals surface area contributed by atoms with Crippen LogP contribution in [-0.2, 0) is 0 Å². The van der Waals surface area contributed by atoms with Crippen molar-refractivity contribution in [3.8, 4) is 6.07 Å². The SMILES string of the molecule is N#Cc1cc(C=O)c(C(F)F)c(N)n1. The zero-order chi connectivity index (χ0) is 10.7. The van der Waals surface area contributed by atoms with Crippen LogP contribution in [0, 0.1) is 11.3 Å². The van der Waals surface area contributed by atoms with E-state index in [1.54, 1.807) is 6.07 Å². The van der Waals surface area contributed by atoms with Crippen LogP contribution in [0.2, 0.25) is 0 Å². The minimum Gasteiger partial charge on any atom is -0.383 e. The zero-order valence-electron chi connectivity index (χ0n) is 6.87. The molecule has 72 valence electrons. The lowest BCUT2D eigenvalue weighted by Gasteiger charge is -2.06. The summed E-state index contributed by atoms with van der Waals surface area (Å²) in [6.45, 7) is 0. The number of carbonyl (C=O) groups excluding carboxylic acids is 1. The first-order valence-corrected chi connectivity index (χ1v) is 3.54. The molecule has 0 aromatic carbocycles. The smallest absolute Gasteiger partial charge is 0.268 e. The second kappa shape index (κ2) is 3.79. The standard InChI is InChI=1S/C8H5F2N3O/c9-7(10)6-4(3-14)1-5(2-11)13-8(6)12/h1,3,7H,(H2,12,13). The molecular formula is C8H5F2N3O. The number of nitriles is 1. The summed E-state index contributed by atoms with van der Waals surface area (Å²) >= 11 is 0. The van der Waals surface area contributed by atoms with Gasteiger partial charge in [-0.1, -0.05) is 0 Å². The van der Waals surface area contributed by atoms with Gasteiger partial charge in [0.15, 0.2) is 6.29 Å². The number of nitrogen functional groups attached to an aromatic ring is 1. The van der Waals surface area contributed by atoms with Crippen LogP contribution in [0.15, 0.2) is 6.07 Å². The zero-order valence-corrected chi connectivity index (χ0v) is 6.87. The van der Waals surface area contributed by atoms with E-state index in [0.29, 0.717) is 0 Å². The van der Waals surface area contributed by atoms with E-state index in [-0.39, 0.29) is 17.5 Å². The van der Waals surface area contributed by atoms with E-state index in [2.05, 4.69) is 4.98 Å². The third kappa shape index (κ3) is 1.66. The molecule has 2 N–H and O–H groups in total. The number of rotatable bonds is 2. The maximum atomic E-state index is 12.3.